The summed E-state index contributed by atoms with van der Waals surface area (Å²) in [7, 11) is 1.88. The molecular formula is C10H19N3O. The van der Waals surface area contributed by atoms with E-state index in [4.69, 9.17) is 0 Å². The van der Waals surface area contributed by atoms with Crippen molar-refractivity contribution >= 4 is 5.91 Å². The molecule has 0 aromatic rings. The maximum atomic E-state index is 11.4. The number of carbonyl (C=O) groups is 1. The van der Waals surface area contributed by atoms with E-state index in [0.717, 1.165) is 26.2 Å². The van der Waals surface area contributed by atoms with Crippen LogP contribution in [0.5, 0.6) is 0 Å². The molecule has 0 aromatic heterocycles. The fraction of sp³-hybridized carbons (Fsp3) is 0.900. The van der Waals surface area contributed by atoms with Crippen molar-refractivity contribution in [3.05, 3.63) is 0 Å². The molecule has 4 nitrogen and oxygen atoms in total. The molecule has 2 saturated heterocycles. The zero-order valence-electron chi connectivity index (χ0n) is 8.83. The maximum Gasteiger partial charge on any atom is 0.236 e. The van der Waals surface area contributed by atoms with Crippen LogP contribution in [0.25, 0.3) is 0 Å². The number of hydrogen-bond donors (Lipinski definition) is 1. The van der Waals surface area contributed by atoms with E-state index in [1.54, 1.807) is 0 Å². The molecule has 0 radical (unpaired) electrons. The van der Waals surface area contributed by atoms with Crippen LogP contribution in [0, 0.1) is 0 Å². The minimum absolute atomic E-state index is 0.259. The lowest BCUT2D eigenvalue weighted by Gasteiger charge is -2.33. The highest BCUT2D eigenvalue weighted by atomic mass is 16.2. The summed E-state index contributed by atoms with van der Waals surface area (Å²) in [5.74, 6) is 0.259. The molecule has 1 N–H and O–H groups in total. The van der Waals surface area contributed by atoms with E-state index in [0.29, 0.717) is 12.6 Å². The fourth-order valence-electron chi connectivity index (χ4n) is 2.19. The molecule has 0 saturated carbocycles. The minimum atomic E-state index is 0.259. The normalized spacial score (nSPS) is 29.9. The first-order valence-corrected chi connectivity index (χ1v) is 5.45. The van der Waals surface area contributed by atoms with E-state index in [2.05, 4.69) is 10.2 Å². The lowest BCUT2D eigenvalue weighted by Crippen LogP contribution is -2.51. The molecule has 1 amide bonds. The van der Waals surface area contributed by atoms with Crippen molar-refractivity contribution in [2.24, 2.45) is 0 Å². The Kier molecular flexibility index (Phi) is 3.03. The van der Waals surface area contributed by atoms with Gasteiger partial charge in [0.05, 0.1) is 6.54 Å². The number of carbonyl (C=O) groups excluding carboxylic acids is 1. The van der Waals surface area contributed by atoms with E-state index in [-0.39, 0.29) is 5.91 Å². The molecule has 0 aliphatic carbocycles. The van der Waals surface area contributed by atoms with Gasteiger partial charge in [0.1, 0.15) is 0 Å². The van der Waals surface area contributed by atoms with E-state index in [1.165, 1.54) is 12.8 Å². The van der Waals surface area contributed by atoms with E-state index in [9.17, 15) is 4.79 Å². The molecule has 2 aliphatic heterocycles. The summed E-state index contributed by atoms with van der Waals surface area (Å²) in [5, 5.41) is 3.46. The standard InChI is InChI=1S/C10H19N3O/c1-12-5-6-13(8-10(12)14)7-9-3-2-4-11-9/h9,11H,2-8H2,1H3. The summed E-state index contributed by atoms with van der Waals surface area (Å²) < 4.78 is 0. The van der Waals surface area contributed by atoms with Crippen LogP contribution in [0.15, 0.2) is 0 Å². The predicted octanol–water partition coefficient (Wildman–Crippen LogP) is -0.488. The number of likely N-dealkylation sites (N-methyl/N-ethyl adjacent to an activating group) is 1. The molecule has 0 spiro atoms. The third-order valence-electron chi connectivity index (χ3n) is 3.18. The first-order chi connectivity index (χ1) is 6.75. The number of rotatable bonds is 2. The molecule has 80 valence electrons. The van der Waals surface area contributed by atoms with Gasteiger partial charge in [0.2, 0.25) is 5.91 Å². The summed E-state index contributed by atoms with van der Waals surface area (Å²) >= 11 is 0. The number of hydrogen-bond acceptors (Lipinski definition) is 3. The van der Waals surface area contributed by atoms with Gasteiger partial charge in [-0.25, -0.2) is 0 Å². The van der Waals surface area contributed by atoms with Crippen LogP contribution in [0.3, 0.4) is 0 Å². The van der Waals surface area contributed by atoms with Gasteiger partial charge in [-0.1, -0.05) is 0 Å². The lowest BCUT2D eigenvalue weighted by molar-refractivity contribution is -0.134. The fourth-order valence-corrected chi connectivity index (χ4v) is 2.19. The van der Waals surface area contributed by atoms with Crippen LogP contribution in [0.4, 0.5) is 0 Å². The van der Waals surface area contributed by atoms with Crippen molar-refractivity contribution in [1.82, 2.24) is 15.1 Å². The molecule has 4 heteroatoms. The molecule has 2 aliphatic rings. The van der Waals surface area contributed by atoms with Gasteiger partial charge in [0, 0.05) is 32.7 Å². The smallest absolute Gasteiger partial charge is 0.236 e. The van der Waals surface area contributed by atoms with Crippen molar-refractivity contribution in [1.29, 1.82) is 0 Å². The summed E-state index contributed by atoms with van der Waals surface area (Å²) in [6.07, 6.45) is 2.55. The van der Waals surface area contributed by atoms with Gasteiger partial charge in [-0.3, -0.25) is 9.69 Å². The van der Waals surface area contributed by atoms with Gasteiger partial charge < -0.3 is 10.2 Å². The molecule has 1 unspecified atom stereocenters. The van der Waals surface area contributed by atoms with Crippen LogP contribution in [0.1, 0.15) is 12.8 Å². The van der Waals surface area contributed by atoms with Crippen LogP contribution < -0.4 is 5.32 Å². The molecule has 2 rings (SSSR count). The van der Waals surface area contributed by atoms with Gasteiger partial charge >= 0.3 is 0 Å². The Morgan fingerprint density at radius 3 is 3.00 bits per heavy atom. The molecular weight excluding hydrogens is 178 g/mol. The van der Waals surface area contributed by atoms with E-state index in [1.807, 2.05) is 11.9 Å². The van der Waals surface area contributed by atoms with Crippen molar-refractivity contribution in [2.75, 3.05) is 39.8 Å². The largest absolute Gasteiger partial charge is 0.343 e. The average molecular weight is 197 g/mol. The van der Waals surface area contributed by atoms with Crippen LogP contribution in [0.2, 0.25) is 0 Å². The Hall–Kier alpha value is -0.610. The molecule has 1 atom stereocenters. The second-order valence-corrected chi connectivity index (χ2v) is 4.34. The van der Waals surface area contributed by atoms with Crippen molar-refractivity contribution in [3.63, 3.8) is 0 Å². The monoisotopic (exact) mass is 197 g/mol. The second kappa shape index (κ2) is 4.28. The van der Waals surface area contributed by atoms with Crippen LogP contribution >= 0.6 is 0 Å². The quantitative estimate of drug-likeness (QED) is 0.649. The third kappa shape index (κ3) is 2.25. The van der Waals surface area contributed by atoms with Crippen molar-refractivity contribution in [3.8, 4) is 0 Å². The highest BCUT2D eigenvalue weighted by Gasteiger charge is 2.24. The average Bonchev–Trinajstić information content (AvgIpc) is 2.64. The SMILES string of the molecule is CN1CCN(CC2CCCN2)CC1=O. The van der Waals surface area contributed by atoms with Gasteiger partial charge in [-0.05, 0) is 19.4 Å². The number of piperazine rings is 1. The van der Waals surface area contributed by atoms with E-state index < -0.39 is 0 Å². The van der Waals surface area contributed by atoms with Crippen LogP contribution in [-0.4, -0.2) is 61.5 Å². The van der Waals surface area contributed by atoms with E-state index >= 15 is 0 Å². The second-order valence-electron chi connectivity index (χ2n) is 4.34. The third-order valence-corrected chi connectivity index (χ3v) is 3.18. The number of amides is 1. The Labute approximate surface area is 85.2 Å². The Bertz CT molecular complexity index is 213. The van der Waals surface area contributed by atoms with Gasteiger partial charge in [0.15, 0.2) is 0 Å². The first kappa shape index (κ1) is 9.93. The van der Waals surface area contributed by atoms with Crippen molar-refractivity contribution in [2.45, 2.75) is 18.9 Å². The highest BCUT2D eigenvalue weighted by Crippen LogP contribution is 2.09. The minimum Gasteiger partial charge on any atom is -0.343 e. The summed E-state index contributed by atoms with van der Waals surface area (Å²) in [5.41, 5.74) is 0. The topological polar surface area (TPSA) is 35.6 Å². The Morgan fingerprint density at radius 1 is 1.50 bits per heavy atom. The zero-order chi connectivity index (χ0) is 9.97. The van der Waals surface area contributed by atoms with Gasteiger partial charge in [0.25, 0.3) is 0 Å². The molecule has 2 fully saturated rings. The molecule has 0 aromatic carbocycles. The number of nitrogens with one attached hydrogen (secondary N) is 1. The van der Waals surface area contributed by atoms with Gasteiger partial charge in [-0.2, -0.15) is 0 Å². The Morgan fingerprint density at radius 2 is 2.36 bits per heavy atom. The Balaban J connectivity index is 1.78. The zero-order valence-corrected chi connectivity index (χ0v) is 8.83. The summed E-state index contributed by atoms with van der Waals surface area (Å²) in [6, 6.07) is 0.617. The first-order valence-electron chi connectivity index (χ1n) is 5.45. The number of nitrogens with zero attached hydrogens (tertiary/aromatic N) is 2. The molecule has 0 bridgehead atoms. The van der Waals surface area contributed by atoms with Crippen LogP contribution in [-0.2, 0) is 4.79 Å². The molecule has 2 heterocycles. The van der Waals surface area contributed by atoms with Gasteiger partial charge in [-0.15, -0.1) is 0 Å². The predicted molar refractivity (Wildman–Crippen MR) is 55.1 cm³/mol. The summed E-state index contributed by atoms with van der Waals surface area (Å²) in [4.78, 5) is 15.5. The summed E-state index contributed by atoms with van der Waals surface area (Å²) in [6.45, 7) is 4.70. The van der Waals surface area contributed by atoms with Crippen molar-refractivity contribution < 1.29 is 4.79 Å². The highest BCUT2D eigenvalue weighted by molar-refractivity contribution is 5.78. The lowest BCUT2D eigenvalue weighted by atomic mass is 10.2. The molecule has 14 heavy (non-hydrogen) atoms. The maximum absolute atomic E-state index is 11.4.